The van der Waals surface area contributed by atoms with E-state index in [-0.39, 0.29) is 34.6 Å². The highest BCUT2D eigenvalue weighted by Gasteiger charge is 2.57. The molecule has 0 spiro atoms. The Kier molecular flexibility index (Phi) is 10.7. The number of imide groups is 1. The lowest BCUT2D eigenvalue weighted by molar-refractivity contribution is -0.140. The summed E-state index contributed by atoms with van der Waals surface area (Å²) in [5, 5.41) is 12.1. The first-order valence-corrected chi connectivity index (χ1v) is 21.0. The van der Waals surface area contributed by atoms with Crippen molar-refractivity contribution in [1.29, 1.82) is 0 Å². The topological polar surface area (TPSA) is 76.1 Å². The smallest absolute Gasteiger partial charge is 0.261 e. The maximum Gasteiger partial charge on any atom is 0.261 e. The molecular formula is C46H51NO5Si. The first kappa shape index (κ1) is 36.8. The molecule has 2 fully saturated rings. The molecule has 2 amide bonds. The zero-order chi connectivity index (χ0) is 37.2. The van der Waals surface area contributed by atoms with Crippen LogP contribution in [0.4, 0.5) is 0 Å². The molecule has 2 heterocycles. The second kappa shape index (κ2) is 15.4. The summed E-state index contributed by atoms with van der Waals surface area (Å²) in [7, 11) is -2.88. The van der Waals surface area contributed by atoms with Gasteiger partial charge in [0.15, 0.2) is 0 Å². The Hall–Kier alpha value is -4.56. The molecule has 0 radical (unpaired) electrons. The van der Waals surface area contributed by atoms with Crippen molar-refractivity contribution in [3.05, 3.63) is 138 Å². The zero-order valence-corrected chi connectivity index (χ0v) is 32.3. The molecule has 1 aliphatic carbocycles. The van der Waals surface area contributed by atoms with E-state index in [2.05, 4.69) is 112 Å². The summed E-state index contributed by atoms with van der Waals surface area (Å²) in [6.07, 6.45) is 4.70. The molecule has 53 heavy (non-hydrogen) atoms. The van der Waals surface area contributed by atoms with Gasteiger partial charge < -0.3 is 14.3 Å². The third-order valence-corrected chi connectivity index (χ3v) is 16.5. The number of rotatable bonds is 12. The summed E-state index contributed by atoms with van der Waals surface area (Å²) in [6.45, 7) is 10.1. The van der Waals surface area contributed by atoms with Gasteiger partial charge in [-0.2, -0.15) is 0 Å². The van der Waals surface area contributed by atoms with Crippen molar-refractivity contribution in [2.24, 2.45) is 17.8 Å². The van der Waals surface area contributed by atoms with Gasteiger partial charge in [-0.25, -0.2) is 0 Å². The minimum absolute atomic E-state index is 0.0437. The minimum atomic E-state index is -2.88. The SMILES string of the molecule is CCCN1C(=O)[C@@H]2[C@@H](CC(CO[Si](c3ccccc3)(c3ccccc3)C(C)(C)C)=C3[C@@H](CC/C(=C/c4ccc(O)cc4)c4ccccc4)OC[C@@H]32)C1=O. The van der Waals surface area contributed by atoms with Crippen LogP contribution in [0.25, 0.3) is 11.6 Å². The van der Waals surface area contributed by atoms with Gasteiger partial charge in [-0.3, -0.25) is 14.5 Å². The van der Waals surface area contributed by atoms with Crippen molar-refractivity contribution >= 4 is 42.2 Å². The molecule has 4 atom stereocenters. The van der Waals surface area contributed by atoms with Crippen molar-refractivity contribution in [1.82, 2.24) is 4.90 Å². The molecule has 0 unspecified atom stereocenters. The molecule has 2 saturated heterocycles. The number of nitrogens with zero attached hydrogens (tertiary/aromatic N) is 1. The van der Waals surface area contributed by atoms with Gasteiger partial charge in [-0.15, -0.1) is 0 Å². The number of ether oxygens (including phenoxy) is 1. The summed E-state index contributed by atoms with van der Waals surface area (Å²) in [5.41, 5.74) is 5.60. The van der Waals surface area contributed by atoms with Gasteiger partial charge >= 0.3 is 0 Å². The van der Waals surface area contributed by atoms with E-state index in [0.717, 1.165) is 36.0 Å². The van der Waals surface area contributed by atoms with Crippen molar-refractivity contribution in [2.45, 2.75) is 64.5 Å². The number of fused-ring (bicyclic) bond motifs is 3. The lowest BCUT2D eigenvalue weighted by Gasteiger charge is -2.44. The van der Waals surface area contributed by atoms with Gasteiger partial charge in [0, 0.05) is 12.5 Å². The number of hydrogen-bond donors (Lipinski definition) is 1. The summed E-state index contributed by atoms with van der Waals surface area (Å²) in [5.74, 6) is -0.796. The van der Waals surface area contributed by atoms with Crippen LogP contribution in [0.1, 0.15) is 64.5 Å². The molecule has 3 aliphatic rings. The van der Waals surface area contributed by atoms with Gasteiger partial charge in [-0.05, 0) is 81.1 Å². The van der Waals surface area contributed by atoms with Crippen molar-refractivity contribution in [3.8, 4) is 5.75 Å². The van der Waals surface area contributed by atoms with Gasteiger partial charge in [0.1, 0.15) is 5.75 Å². The van der Waals surface area contributed by atoms with Crippen LogP contribution in [-0.4, -0.2) is 56.0 Å². The Balaban J connectivity index is 1.28. The second-order valence-electron chi connectivity index (χ2n) is 15.8. The molecule has 0 bridgehead atoms. The molecule has 7 rings (SSSR count). The highest BCUT2D eigenvalue weighted by Crippen LogP contribution is 2.50. The number of likely N-dealkylation sites (tertiary alicyclic amines) is 1. The van der Waals surface area contributed by atoms with E-state index in [1.807, 2.05) is 25.1 Å². The fraction of sp³-hybridized carbons (Fsp3) is 0.348. The van der Waals surface area contributed by atoms with Crippen LogP contribution in [0.3, 0.4) is 0 Å². The Morgan fingerprint density at radius 2 is 1.45 bits per heavy atom. The number of phenols is 1. The number of hydrogen-bond acceptors (Lipinski definition) is 5. The maximum absolute atomic E-state index is 14.0. The van der Waals surface area contributed by atoms with Gasteiger partial charge in [0.2, 0.25) is 11.8 Å². The van der Waals surface area contributed by atoms with Crippen LogP contribution in [0, 0.1) is 17.8 Å². The lowest BCUT2D eigenvalue weighted by atomic mass is 9.69. The first-order valence-electron chi connectivity index (χ1n) is 19.1. The fourth-order valence-electron chi connectivity index (χ4n) is 9.08. The van der Waals surface area contributed by atoms with Crippen LogP contribution < -0.4 is 10.4 Å². The van der Waals surface area contributed by atoms with E-state index in [1.54, 1.807) is 12.1 Å². The normalized spacial score (nSPS) is 22.0. The molecular weight excluding hydrogens is 675 g/mol. The third kappa shape index (κ3) is 7.10. The molecule has 6 nitrogen and oxygen atoms in total. The number of allylic oxidation sites excluding steroid dienone is 1. The van der Waals surface area contributed by atoms with Gasteiger partial charge in [0.25, 0.3) is 8.32 Å². The zero-order valence-electron chi connectivity index (χ0n) is 31.3. The maximum atomic E-state index is 14.0. The average Bonchev–Trinajstić information content (AvgIpc) is 3.70. The Labute approximate surface area is 315 Å². The van der Waals surface area contributed by atoms with E-state index in [0.29, 0.717) is 26.2 Å². The highest BCUT2D eigenvalue weighted by molar-refractivity contribution is 6.99. The number of amides is 2. The summed E-state index contributed by atoms with van der Waals surface area (Å²) in [6, 6.07) is 39.0. The monoisotopic (exact) mass is 725 g/mol. The summed E-state index contributed by atoms with van der Waals surface area (Å²) >= 11 is 0. The van der Waals surface area contributed by atoms with Gasteiger partial charge in [-0.1, -0.05) is 137 Å². The number of aromatic hydroxyl groups is 1. The molecule has 274 valence electrons. The van der Waals surface area contributed by atoms with Crippen molar-refractivity contribution in [2.75, 3.05) is 19.8 Å². The lowest BCUT2D eigenvalue weighted by Crippen LogP contribution is -2.66. The number of carbonyl (C=O) groups is 2. The average molecular weight is 726 g/mol. The number of benzene rings is 4. The molecule has 0 saturated carbocycles. The van der Waals surface area contributed by atoms with E-state index in [9.17, 15) is 14.7 Å². The first-order chi connectivity index (χ1) is 25.6. The van der Waals surface area contributed by atoms with Crippen LogP contribution >= 0.6 is 0 Å². The van der Waals surface area contributed by atoms with Crippen LogP contribution in [-0.2, 0) is 18.8 Å². The quantitative estimate of drug-likeness (QED) is 0.0694. The molecule has 7 heteroatoms. The van der Waals surface area contributed by atoms with Crippen molar-refractivity contribution < 1.29 is 23.9 Å². The van der Waals surface area contributed by atoms with Crippen molar-refractivity contribution in [3.63, 3.8) is 0 Å². The number of phenolic OH excluding ortho intramolecular Hbond substituents is 1. The molecule has 1 N–H and O–H groups in total. The highest BCUT2D eigenvalue weighted by atomic mass is 28.4. The van der Waals surface area contributed by atoms with E-state index < -0.39 is 20.2 Å². The fourth-order valence-corrected chi connectivity index (χ4v) is 13.6. The largest absolute Gasteiger partial charge is 0.508 e. The molecule has 4 aromatic rings. The van der Waals surface area contributed by atoms with Crippen LogP contribution in [0.15, 0.2) is 126 Å². The molecule has 2 aliphatic heterocycles. The molecule has 4 aromatic carbocycles. The van der Waals surface area contributed by atoms with Crippen LogP contribution in [0.2, 0.25) is 5.04 Å². The standard InChI is InChI=1S/C46H51NO5Si/c1-5-27-47-44(49)39-29-35(30-52-53(46(2,3)4,37-17-11-7-12-18-37)38-19-13-8-14-20-38)42-40(43(39)45(47)50)31-51-41(42)26-23-34(33-15-9-6-10-16-33)28-32-21-24-36(48)25-22-32/h6-22,24-25,28,39-41,43,48H,5,23,26-27,29-31H2,1-4H3/b34-28-/t39-,40+,41-,43-/m1/s1. The summed E-state index contributed by atoms with van der Waals surface area (Å²) in [4.78, 5) is 29.4. The van der Waals surface area contributed by atoms with E-state index in [4.69, 9.17) is 9.16 Å². The van der Waals surface area contributed by atoms with Crippen LogP contribution in [0.5, 0.6) is 5.75 Å². The Morgan fingerprint density at radius 3 is 2.04 bits per heavy atom. The Morgan fingerprint density at radius 1 is 0.849 bits per heavy atom. The number of carbonyl (C=O) groups excluding carboxylic acids is 2. The van der Waals surface area contributed by atoms with E-state index in [1.165, 1.54) is 26.4 Å². The predicted octanol–water partition coefficient (Wildman–Crippen LogP) is 8.02. The van der Waals surface area contributed by atoms with Gasteiger partial charge in [0.05, 0.1) is 31.2 Å². The predicted molar refractivity (Wildman–Crippen MR) is 214 cm³/mol. The minimum Gasteiger partial charge on any atom is -0.508 e. The summed E-state index contributed by atoms with van der Waals surface area (Å²) < 4.78 is 14.2. The Bertz CT molecular complexity index is 1930. The van der Waals surface area contributed by atoms with E-state index >= 15 is 0 Å². The third-order valence-electron chi connectivity index (χ3n) is 11.5. The second-order valence-corrected chi connectivity index (χ2v) is 20.1. The molecule has 0 aromatic heterocycles.